The van der Waals surface area contributed by atoms with Gasteiger partial charge in [-0.3, -0.25) is 19.3 Å². The van der Waals surface area contributed by atoms with E-state index < -0.39 is 30.4 Å². The van der Waals surface area contributed by atoms with Crippen molar-refractivity contribution in [2.75, 3.05) is 6.61 Å². The summed E-state index contributed by atoms with van der Waals surface area (Å²) in [5.41, 5.74) is 0.542. The fourth-order valence-corrected chi connectivity index (χ4v) is 3.60. The molecule has 0 bridgehead atoms. The minimum atomic E-state index is -1.09. The predicted octanol–water partition coefficient (Wildman–Crippen LogP) is 2.50. The smallest absolute Gasteiger partial charge is 0.330 e. The second-order valence-electron chi connectivity index (χ2n) is 7.81. The fraction of sp³-hybridized carbons (Fsp3) is 0.524. The van der Waals surface area contributed by atoms with Crippen LogP contribution >= 0.6 is 0 Å². The van der Waals surface area contributed by atoms with Crippen LogP contribution in [-0.2, 0) is 14.3 Å². The highest BCUT2D eigenvalue weighted by Crippen LogP contribution is 2.27. The maximum atomic E-state index is 12.7. The zero-order valence-corrected chi connectivity index (χ0v) is 17.3. The number of amides is 3. The van der Waals surface area contributed by atoms with Gasteiger partial charge < -0.3 is 9.64 Å². The standard InChI is InChI=1S/C21H28N2O5/c1-12(2)18(21(27)28-11-17(24)22(13(3)4)14(5)6)23-19(25)15-9-7-8-10-16(15)20(23)26/h7-10,12-14,18H,11H2,1-6H3/t18-/m0/s1. The lowest BCUT2D eigenvalue weighted by Gasteiger charge is -2.31. The molecule has 0 aromatic heterocycles. The number of benzene rings is 1. The first-order valence-corrected chi connectivity index (χ1v) is 9.52. The van der Waals surface area contributed by atoms with Crippen molar-refractivity contribution in [1.82, 2.24) is 9.80 Å². The molecule has 0 spiro atoms. The van der Waals surface area contributed by atoms with E-state index in [2.05, 4.69) is 0 Å². The Morgan fingerprint density at radius 1 is 0.929 bits per heavy atom. The van der Waals surface area contributed by atoms with Crippen LogP contribution in [0.15, 0.2) is 24.3 Å². The lowest BCUT2D eigenvalue weighted by molar-refractivity contribution is -0.157. The number of carbonyl (C=O) groups excluding carboxylic acids is 4. The van der Waals surface area contributed by atoms with Gasteiger partial charge in [-0.1, -0.05) is 26.0 Å². The second-order valence-corrected chi connectivity index (χ2v) is 7.81. The van der Waals surface area contributed by atoms with Crippen LogP contribution in [0.5, 0.6) is 0 Å². The molecule has 1 atom stereocenters. The van der Waals surface area contributed by atoms with E-state index in [9.17, 15) is 19.2 Å². The molecular weight excluding hydrogens is 360 g/mol. The topological polar surface area (TPSA) is 84.0 Å². The third kappa shape index (κ3) is 4.08. The number of hydrogen-bond acceptors (Lipinski definition) is 5. The minimum Gasteiger partial charge on any atom is -0.454 e. The maximum absolute atomic E-state index is 12.7. The first kappa shape index (κ1) is 21.6. The number of nitrogens with zero attached hydrogens (tertiary/aromatic N) is 2. The molecule has 1 aromatic rings. The molecule has 0 saturated heterocycles. The molecule has 0 fully saturated rings. The number of rotatable bonds is 7. The van der Waals surface area contributed by atoms with E-state index in [0.29, 0.717) is 0 Å². The Morgan fingerprint density at radius 2 is 1.39 bits per heavy atom. The summed E-state index contributed by atoms with van der Waals surface area (Å²) in [5.74, 6) is -2.48. The number of fused-ring (bicyclic) bond motifs is 1. The van der Waals surface area contributed by atoms with E-state index in [0.717, 1.165) is 4.90 Å². The van der Waals surface area contributed by atoms with Crippen LogP contribution in [0.1, 0.15) is 62.3 Å². The average Bonchev–Trinajstić information content (AvgIpc) is 2.85. The summed E-state index contributed by atoms with van der Waals surface area (Å²) >= 11 is 0. The number of imide groups is 1. The van der Waals surface area contributed by atoms with Crippen molar-refractivity contribution in [1.29, 1.82) is 0 Å². The molecule has 152 valence electrons. The lowest BCUT2D eigenvalue weighted by atomic mass is 10.0. The van der Waals surface area contributed by atoms with Gasteiger partial charge in [0.15, 0.2) is 6.61 Å². The van der Waals surface area contributed by atoms with Gasteiger partial charge in [-0.25, -0.2) is 4.79 Å². The highest BCUT2D eigenvalue weighted by atomic mass is 16.5. The lowest BCUT2D eigenvalue weighted by Crippen LogP contribution is -2.50. The summed E-state index contributed by atoms with van der Waals surface area (Å²) in [7, 11) is 0. The third-order valence-electron chi connectivity index (χ3n) is 4.72. The van der Waals surface area contributed by atoms with Crippen molar-refractivity contribution in [3.8, 4) is 0 Å². The molecular formula is C21H28N2O5. The molecule has 0 radical (unpaired) electrons. The zero-order valence-electron chi connectivity index (χ0n) is 17.3. The van der Waals surface area contributed by atoms with Crippen LogP contribution in [0.3, 0.4) is 0 Å². The Bertz CT molecular complexity index is 742. The molecule has 3 amide bonds. The van der Waals surface area contributed by atoms with Gasteiger partial charge in [-0.2, -0.15) is 0 Å². The number of carbonyl (C=O) groups is 4. The molecule has 7 nitrogen and oxygen atoms in total. The predicted molar refractivity (Wildman–Crippen MR) is 104 cm³/mol. The Morgan fingerprint density at radius 3 is 1.79 bits per heavy atom. The van der Waals surface area contributed by atoms with Gasteiger partial charge in [0.05, 0.1) is 11.1 Å². The Balaban J connectivity index is 2.17. The quantitative estimate of drug-likeness (QED) is 0.529. The third-order valence-corrected chi connectivity index (χ3v) is 4.72. The SMILES string of the molecule is CC(C)[C@@H](C(=O)OCC(=O)N(C(C)C)C(C)C)N1C(=O)c2ccccc2C1=O. The van der Waals surface area contributed by atoms with Crippen molar-refractivity contribution in [2.45, 2.75) is 59.7 Å². The van der Waals surface area contributed by atoms with E-state index >= 15 is 0 Å². The van der Waals surface area contributed by atoms with Crippen LogP contribution in [-0.4, -0.2) is 58.2 Å². The van der Waals surface area contributed by atoms with E-state index in [1.807, 2.05) is 27.7 Å². The summed E-state index contributed by atoms with van der Waals surface area (Å²) in [4.78, 5) is 53.2. The van der Waals surface area contributed by atoms with Gasteiger partial charge >= 0.3 is 5.97 Å². The highest BCUT2D eigenvalue weighted by molar-refractivity contribution is 6.22. The van der Waals surface area contributed by atoms with E-state index in [1.54, 1.807) is 43.0 Å². The molecule has 1 aliphatic heterocycles. The van der Waals surface area contributed by atoms with Crippen LogP contribution < -0.4 is 0 Å². The first-order valence-electron chi connectivity index (χ1n) is 9.52. The number of hydrogen-bond donors (Lipinski definition) is 0. The van der Waals surface area contributed by atoms with Gasteiger partial charge in [-0.05, 0) is 45.7 Å². The van der Waals surface area contributed by atoms with Gasteiger partial charge in [0.25, 0.3) is 17.7 Å². The summed E-state index contributed by atoms with van der Waals surface area (Å²) in [6.07, 6.45) is 0. The fourth-order valence-electron chi connectivity index (χ4n) is 3.60. The van der Waals surface area contributed by atoms with Crippen LogP contribution in [0, 0.1) is 5.92 Å². The van der Waals surface area contributed by atoms with Crippen LogP contribution in [0.25, 0.3) is 0 Å². The van der Waals surface area contributed by atoms with E-state index in [1.165, 1.54) is 0 Å². The van der Waals surface area contributed by atoms with Gasteiger partial charge in [-0.15, -0.1) is 0 Å². The normalized spacial score (nSPS) is 14.7. The average molecular weight is 388 g/mol. The molecule has 28 heavy (non-hydrogen) atoms. The van der Waals surface area contributed by atoms with Crippen molar-refractivity contribution in [2.24, 2.45) is 5.92 Å². The monoisotopic (exact) mass is 388 g/mol. The summed E-state index contributed by atoms with van der Waals surface area (Å²) in [6.45, 7) is 10.6. The molecule has 0 N–H and O–H groups in total. The summed E-state index contributed by atoms with van der Waals surface area (Å²) in [5, 5.41) is 0. The highest BCUT2D eigenvalue weighted by Gasteiger charge is 2.44. The zero-order chi connectivity index (χ0) is 21.2. The second kappa shape index (κ2) is 8.54. The van der Waals surface area contributed by atoms with Crippen molar-refractivity contribution < 1.29 is 23.9 Å². The maximum Gasteiger partial charge on any atom is 0.330 e. The molecule has 0 aliphatic carbocycles. The molecule has 7 heteroatoms. The molecule has 2 rings (SSSR count). The summed E-state index contributed by atoms with van der Waals surface area (Å²) in [6, 6.07) is 5.29. The van der Waals surface area contributed by atoms with Crippen molar-refractivity contribution in [3.63, 3.8) is 0 Å². The minimum absolute atomic E-state index is 0.0386. The molecule has 0 unspecified atom stereocenters. The largest absolute Gasteiger partial charge is 0.454 e. The van der Waals surface area contributed by atoms with E-state index in [4.69, 9.17) is 4.74 Å². The first-order chi connectivity index (χ1) is 13.1. The van der Waals surface area contributed by atoms with Gasteiger partial charge in [0.1, 0.15) is 6.04 Å². The van der Waals surface area contributed by atoms with E-state index in [-0.39, 0.29) is 35.0 Å². The van der Waals surface area contributed by atoms with Gasteiger partial charge in [0, 0.05) is 12.1 Å². The van der Waals surface area contributed by atoms with Crippen molar-refractivity contribution >= 4 is 23.7 Å². The molecule has 0 saturated carbocycles. The Kier molecular flexibility index (Phi) is 6.59. The van der Waals surface area contributed by atoms with Crippen LogP contribution in [0.4, 0.5) is 0 Å². The summed E-state index contributed by atoms with van der Waals surface area (Å²) < 4.78 is 5.24. The van der Waals surface area contributed by atoms with Crippen molar-refractivity contribution in [3.05, 3.63) is 35.4 Å². The molecule has 1 heterocycles. The van der Waals surface area contributed by atoms with Gasteiger partial charge in [0.2, 0.25) is 0 Å². The Hall–Kier alpha value is -2.70. The number of esters is 1. The molecule has 1 aromatic carbocycles. The van der Waals surface area contributed by atoms with Crippen LogP contribution in [0.2, 0.25) is 0 Å². The molecule has 1 aliphatic rings. The number of ether oxygens (including phenoxy) is 1. The Labute approximate surface area is 165 Å².